The zero-order chi connectivity index (χ0) is 18.1. The van der Waals surface area contributed by atoms with Crippen LogP contribution in [0.25, 0.3) is 0 Å². The number of allylic oxidation sites excluding steroid dienone is 3. The van der Waals surface area contributed by atoms with Crippen LogP contribution >= 0.6 is 11.8 Å². The van der Waals surface area contributed by atoms with E-state index in [0.717, 1.165) is 5.57 Å². The second-order valence-corrected chi connectivity index (χ2v) is 8.02. The molecule has 0 spiro atoms. The van der Waals surface area contributed by atoms with Gasteiger partial charge in [0.15, 0.2) is 5.78 Å². The first-order valence-corrected chi connectivity index (χ1v) is 9.49. The number of fused-ring (bicyclic) bond motifs is 1. The summed E-state index contributed by atoms with van der Waals surface area (Å²) >= 11 is 1.45. The van der Waals surface area contributed by atoms with Gasteiger partial charge in [-0.05, 0) is 44.4 Å². The SMILES string of the molecule is CSC=CC(=O)OC1CCC2=CC(=O)C(C(C)(C)O)=CC2(C)C1C. The minimum atomic E-state index is -1.19. The van der Waals surface area contributed by atoms with Crippen LogP contribution in [0.5, 0.6) is 0 Å². The van der Waals surface area contributed by atoms with Gasteiger partial charge in [0.05, 0.1) is 5.60 Å². The molecule has 2 aliphatic rings. The Balaban J connectivity index is 2.28. The third-order valence-electron chi connectivity index (χ3n) is 5.18. The minimum absolute atomic E-state index is 0.0228. The van der Waals surface area contributed by atoms with E-state index in [-0.39, 0.29) is 23.8 Å². The van der Waals surface area contributed by atoms with Crippen LogP contribution in [0, 0.1) is 11.3 Å². The predicted molar refractivity (Wildman–Crippen MR) is 96.5 cm³/mol. The number of esters is 1. The van der Waals surface area contributed by atoms with Crippen LogP contribution in [0.2, 0.25) is 0 Å². The molecule has 1 N–H and O–H groups in total. The fraction of sp³-hybridized carbons (Fsp3) is 0.579. The average molecular weight is 350 g/mol. The van der Waals surface area contributed by atoms with Gasteiger partial charge in [-0.15, -0.1) is 11.8 Å². The van der Waals surface area contributed by atoms with Crippen molar-refractivity contribution < 1.29 is 19.4 Å². The lowest BCUT2D eigenvalue weighted by molar-refractivity contribution is -0.148. The Morgan fingerprint density at radius 1 is 1.50 bits per heavy atom. The lowest BCUT2D eigenvalue weighted by Crippen LogP contribution is -2.44. The third kappa shape index (κ3) is 3.67. The van der Waals surface area contributed by atoms with Crippen molar-refractivity contribution in [3.63, 3.8) is 0 Å². The van der Waals surface area contributed by atoms with Crippen LogP contribution in [0.4, 0.5) is 0 Å². The number of hydrogen-bond acceptors (Lipinski definition) is 5. The van der Waals surface area contributed by atoms with Crippen LogP contribution in [-0.2, 0) is 14.3 Å². The highest BCUT2D eigenvalue weighted by Crippen LogP contribution is 2.50. The first kappa shape index (κ1) is 19.0. The summed E-state index contributed by atoms with van der Waals surface area (Å²) in [6.07, 6.45) is 8.08. The van der Waals surface area contributed by atoms with Gasteiger partial charge in [0, 0.05) is 23.0 Å². The van der Waals surface area contributed by atoms with Crippen molar-refractivity contribution in [1.82, 2.24) is 0 Å². The van der Waals surface area contributed by atoms with E-state index in [4.69, 9.17) is 4.74 Å². The fourth-order valence-electron chi connectivity index (χ4n) is 3.51. The highest BCUT2D eigenvalue weighted by Gasteiger charge is 2.46. The summed E-state index contributed by atoms with van der Waals surface area (Å²) in [4.78, 5) is 24.2. The fourth-order valence-corrected chi connectivity index (χ4v) is 3.75. The first-order valence-electron chi connectivity index (χ1n) is 8.20. The van der Waals surface area contributed by atoms with Gasteiger partial charge < -0.3 is 9.84 Å². The lowest BCUT2D eigenvalue weighted by Gasteiger charge is -2.46. The molecule has 24 heavy (non-hydrogen) atoms. The van der Waals surface area contributed by atoms with E-state index in [1.165, 1.54) is 17.8 Å². The summed E-state index contributed by atoms with van der Waals surface area (Å²) in [5.74, 6) is -0.439. The van der Waals surface area contributed by atoms with E-state index in [0.29, 0.717) is 18.4 Å². The van der Waals surface area contributed by atoms with Gasteiger partial charge in [0.25, 0.3) is 0 Å². The zero-order valence-electron chi connectivity index (χ0n) is 15.0. The predicted octanol–water partition coefficient (Wildman–Crippen LogP) is 3.42. The van der Waals surface area contributed by atoms with Crippen molar-refractivity contribution in [1.29, 1.82) is 0 Å². The summed E-state index contributed by atoms with van der Waals surface area (Å²) in [6, 6.07) is 0. The Hall–Kier alpha value is -1.33. The molecule has 2 rings (SSSR count). The van der Waals surface area contributed by atoms with E-state index < -0.39 is 11.0 Å². The van der Waals surface area contributed by atoms with Crippen molar-refractivity contribution in [2.45, 2.75) is 52.2 Å². The van der Waals surface area contributed by atoms with E-state index in [2.05, 4.69) is 6.92 Å². The molecular weight excluding hydrogens is 324 g/mol. The van der Waals surface area contributed by atoms with Crippen molar-refractivity contribution in [3.05, 3.63) is 34.8 Å². The Kier molecular flexibility index (Phi) is 5.45. The van der Waals surface area contributed by atoms with Crippen LogP contribution < -0.4 is 0 Å². The number of ketones is 1. The maximum Gasteiger partial charge on any atom is 0.331 e. The van der Waals surface area contributed by atoms with Crippen LogP contribution in [-0.4, -0.2) is 34.8 Å². The number of hydrogen-bond donors (Lipinski definition) is 1. The third-order valence-corrected chi connectivity index (χ3v) is 5.58. The lowest BCUT2D eigenvalue weighted by atomic mass is 9.60. The van der Waals surface area contributed by atoms with Crippen molar-refractivity contribution in [2.75, 3.05) is 6.26 Å². The molecule has 0 amide bonds. The summed E-state index contributed by atoms with van der Waals surface area (Å²) < 4.78 is 5.62. The molecular formula is C19H26O4S. The molecule has 1 saturated carbocycles. The van der Waals surface area contributed by atoms with Crippen LogP contribution in [0.1, 0.15) is 40.5 Å². The number of carbonyl (C=O) groups is 2. The Morgan fingerprint density at radius 2 is 2.17 bits per heavy atom. The molecule has 0 radical (unpaired) electrons. The van der Waals surface area contributed by atoms with Gasteiger partial charge in [-0.2, -0.15) is 0 Å². The molecule has 132 valence electrons. The second kappa shape index (κ2) is 6.89. The number of ether oxygens (including phenoxy) is 1. The number of thioether (sulfide) groups is 1. The molecule has 2 aliphatic carbocycles. The summed E-state index contributed by atoms with van der Waals surface area (Å²) in [5, 5.41) is 12.0. The normalized spacial score (nSPS) is 30.7. The largest absolute Gasteiger partial charge is 0.459 e. The van der Waals surface area contributed by atoms with Crippen molar-refractivity contribution in [2.24, 2.45) is 11.3 Å². The smallest absolute Gasteiger partial charge is 0.331 e. The maximum atomic E-state index is 12.3. The molecule has 0 aromatic heterocycles. The summed E-state index contributed by atoms with van der Waals surface area (Å²) in [5.41, 5.74) is -0.114. The molecule has 0 bridgehead atoms. The molecule has 0 aliphatic heterocycles. The van der Waals surface area contributed by atoms with Gasteiger partial charge in [0.1, 0.15) is 6.10 Å². The van der Waals surface area contributed by atoms with Crippen molar-refractivity contribution in [3.8, 4) is 0 Å². The van der Waals surface area contributed by atoms with Gasteiger partial charge in [-0.3, -0.25) is 4.79 Å². The molecule has 3 unspecified atom stereocenters. The van der Waals surface area contributed by atoms with Gasteiger partial charge in [0.2, 0.25) is 0 Å². The van der Waals surface area contributed by atoms with E-state index >= 15 is 0 Å². The standard InChI is InChI=1S/C19H26O4S/c1-12-16(23-17(21)8-9-24-5)7-6-13-10-15(20)14(18(2,3)22)11-19(12,13)4/h8-12,16,22H,6-7H2,1-5H3. The molecule has 0 saturated heterocycles. The Labute approximate surface area is 148 Å². The summed E-state index contributed by atoms with van der Waals surface area (Å²) in [7, 11) is 0. The van der Waals surface area contributed by atoms with Crippen LogP contribution in [0.3, 0.4) is 0 Å². The molecule has 1 fully saturated rings. The van der Waals surface area contributed by atoms with Gasteiger partial charge in [-0.1, -0.05) is 25.5 Å². The quantitative estimate of drug-likeness (QED) is 0.622. The maximum absolute atomic E-state index is 12.3. The zero-order valence-corrected chi connectivity index (χ0v) is 15.8. The summed E-state index contributed by atoms with van der Waals surface area (Å²) in [6.45, 7) is 7.34. The Bertz CT molecular complexity index is 624. The molecule has 0 heterocycles. The van der Waals surface area contributed by atoms with Crippen molar-refractivity contribution >= 4 is 23.5 Å². The molecule has 0 aromatic rings. The monoisotopic (exact) mass is 350 g/mol. The second-order valence-electron chi connectivity index (χ2n) is 7.27. The van der Waals surface area contributed by atoms with E-state index in [1.54, 1.807) is 25.3 Å². The molecule has 4 nitrogen and oxygen atoms in total. The number of aliphatic hydroxyl groups is 1. The minimum Gasteiger partial charge on any atom is -0.459 e. The average Bonchev–Trinajstić information content (AvgIpc) is 2.49. The van der Waals surface area contributed by atoms with E-state index in [1.807, 2.05) is 19.3 Å². The number of rotatable bonds is 4. The van der Waals surface area contributed by atoms with Crippen LogP contribution in [0.15, 0.2) is 34.8 Å². The highest BCUT2D eigenvalue weighted by atomic mass is 32.2. The number of carbonyl (C=O) groups excluding carboxylic acids is 2. The topological polar surface area (TPSA) is 63.6 Å². The Morgan fingerprint density at radius 3 is 2.75 bits per heavy atom. The molecule has 5 heteroatoms. The van der Waals surface area contributed by atoms with E-state index in [9.17, 15) is 14.7 Å². The van der Waals surface area contributed by atoms with Gasteiger partial charge >= 0.3 is 5.97 Å². The van der Waals surface area contributed by atoms with Gasteiger partial charge in [-0.25, -0.2) is 4.79 Å². The first-order chi connectivity index (χ1) is 11.1. The molecule has 3 atom stereocenters. The highest BCUT2D eigenvalue weighted by molar-refractivity contribution is 8.01. The molecule has 0 aromatic carbocycles.